The van der Waals surface area contributed by atoms with Crippen LogP contribution in [0.25, 0.3) is 0 Å². The quantitative estimate of drug-likeness (QED) is 0.0522. The van der Waals surface area contributed by atoms with Gasteiger partial charge in [0.2, 0.25) is 0 Å². The molecule has 24 heteroatoms. The zero-order chi connectivity index (χ0) is 70.4. The molecule has 93 heavy (non-hydrogen) atoms. The number of rotatable bonds is 23. The molecule has 0 bridgehead atoms. The third kappa shape index (κ3) is 26.9. The van der Waals surface area contributed by atoms with Gasteiger partial charge in [0.15, 0.2) is 45.6 Å². The van der Waals surface area contributed by atoms with Crippen molar-refractivity contribution < 1.29 is 114 Å². The number of hydrogen-bond donors (Lipinski definition) is 0. The fraction of sp³-hybridized carbons (Fsp3) is 0.768. The van der Waals surface area contributed by atoms with Crippen LogP contribution in [0, 0.1) is 11.8 Å². The Bertz CT molecular complexity index is 2550. The molecule has 4 saturated heterocycles. The Hall–Kier alpha value is -5.60. The van der Waals surface area contributed by atoms with Gasteiger partial charge in [-0.1, -0.05) is 67.4 Å². The van der Waals surface area contributed by atoms with Crippen molar-refractivity contribution >= 4 is 47.8 Å². The molecular weight excluding hydrogens is 1210 g/mol. The van der Waals surface area contributed by atoms with E-state index in [0.29, 0.717) is 0 Å². The lowest BCUT2D eigenvalue weighted by atomic mass is 9.91. The SMILES string of the molecule is C=C(C)C(=O)OC1(CC(=O)OC(C(C)C)C(C)C)COC(C)(C)OC1.C=C(C)C(=O)OC1(CC(=O)OC2(CC)CCCC2)COC(C)(C)OC1.C=C(C)C(=O)OC1(CC(=O)OCC)COC(C)(C)OC1.C=C(C)C(=O)OC1(CC(=O)OCC)COC2(CCCCC2)OC1. The molecule has 0 aromatic rings. The second-order valence-corrected chi connectivity index (χ2v) is 27.4. The van der Waals surface area contributed by atoms with E-state index in [1.807, 2.05) is 34.6 Å². The Morgan fingerprint density at radius 2 is 0.634 bits per heavy atom. The maximum Gasteiger partial charge on any atom is 0.333 e. The molecule has 24 nitrogen and oxygen atoms in total. The molecule has 0 aromatic carbocycles. The van der Waals surface area contributed by atoms with Gasteiger partial charge in [-0.2, -0.15) is 0 Å². The topological polar surface area (TPSA) is 284 Å². The van der Waals surface area contributed by atoms with Crippen molar-refractivity contribution in [1.82, 2.24) is 0 Å². The van der Waals surface area contributed by atoms with Gasteiger partial charge in [-0.05, 0) is 140 Å². The number of esters is 8. The average Bonchev–Trinajstić information content (AvgIpc) is 1.19. The van der Waals surface area contributed by atoms with Crippen LogP contribution in [0.4, 0.5) is 0 Å². The van der Waals surface area contributed by atoms with E-state index in [1.165, 1.54) is 13.3 Å². The Labute approximate surface area is 551 Å². The number of carbonyl (C=O) groups excluding carboxylic acids is 8. The van der Waals surface area contributed by atoms with E-state index in [2.05, 4.69) is 26.3 Å². The molecule has 6 fully saturated rings. The molecular formula is C69H110O24. The van der Waals surface area contributed by atoms with E-state index < -0.39 is 87.3 Å². The molecule has 1 spiro atoms. The maximum atomic E-state index is 12.6. The minimum atomic E-state index is -1.21. The smallest absolute Gasteiger partial charge is 0.333 e. The summed E-state index contributed by atoms with van der Waals surface area (Å²) >= 11 is 0. The van der Waals surface area contributed by atoms with E-state index in [4.69, 9.17) is 75.8 Å². The van der Waals surface area contributed by atoms with Crippen LogP contribution in [-0.4, -0.2) is 171 Å². The van der Waals surface area contributed by atoms with E-state index in [1.54, 1.807) is 76.2 Å². The van der Waals surface area contributed by atoms with Crippen molar-refractivity contribution in [2.75, 3.05) is 66.1 Å². The highest BCUT2D eigenvalue weighted by Gasteiger charge is 2.51. The summed E-state index contributed by atoms with van der Waals surface area (Å²) in [6.45, 7) is 45.8. The van der Waals surface area contributed by atoms with Crippen molar-refractivity contribution in [2.45, 2.75) is 265 Å². The van der Waals surface area contributed by atoms with E-state index >= 15 is 0 Å². The normalized spacial score (nSPS) is 21.3. The van der Waals surface area contributed by atoms with Crippen LogP contribution in [0.5, 0.6) is 0 Å². The summed E-state index contributed by atoms with van der Waals surface area (Å²) < 4.78 is 88.7. The molecule has 0 unspecified atom stereocenters. The lowest BCUT2D eigenvalue weighted by Gasteiger charge is -2.46. The number of carbonyl (C=O) groups is 8. The van der Waals surface area contributed by atoms with Gasteiger partial charge in [-0.3, -0.25) is 19.2 Å². The zero-order valence-electron chi connectivity index (χ0n) is 58.8. The fourth-order valence-corrected chi connectivity index (χ4v) is 10.5. The zero-order valence-corrected chi connectivity index (χ0v) is 58.8. The van der Waals surface area contributed by atoms with Crippen LogP contribution in [0.3, 0.4) is 0 Å². The molecule has 0 atom stereocenters. The monoisotopic (exact) mass is 1320 g/mol. The standard InChI is InChI=1S/C19H30O6.C19H32O6.C17H26O6.C14H22O6/c1-6-18(9-7-8-10-18)24-15(20)11-19(25-16(21)14(2)3)12-22-17(4,5)23-13-19;1-12(2)16(13(3)4)24-15(20)9-19(25-17(21)14(5)6)10-22-18(7,8)23-11-19;1-4-20-14(18)10-16(23-15(19)13(2)3)11-21-17(22-12-16)8-6-5-7-9-17;1-6-17-11(15)7-14(20-12(16)10(2)3)8-18-13(4,5)19-9-14/h2,6-13H2,1,3-5H3;12-13,16H,5,9-11H2,1-4,6-8H3;2,4-12H2,1,3H3;2,6-9H2,1,3-5H3. The first kappa shape index (κ1) is 81.6. The highest BCUT2D eigenvalue weighted by Crippen LogP contribution is 2.41. The van der Waals surface area contributed by atoms with Gasteiger partial charge in [-0.15, -0.1) is 0 Å². The van der Waals surface area contributed by atoms with Crippen molar-refractivity contribution in [2.24, 2.45) is 11.8 Å². The molecule has 4 heterocycles. The summed E-state index contributed by atoms with van der Waals surface area (Å²) in [5.74, 6) is -6.55. The Morgan fingerprint density at radius 3 is 0.903 bits per heavy atom. The summed E-state index contributed by atoms with van der Waals surface area (Å²) in [6.07, 6.45) is 9.00. The first-order valence-corrected chi connectivity index (χ1v) is 32.5. The molecule has 4 aliphatic heterocycles. The average molecular weight is 1320 g/mol. The molecule has 6 aliphatic rings. The summed E-state index contributed by atoms with van der Waals surface area (Å²) in [7, 11) is 0. The van der Waals surface area contributed by atoms with Gasteiger partial charge in [0.05, 0.1) is 91.8 Å². The predicted molar refractivity (Wildman–Crippen MR) is 339 cm³/mol. The molecule has 530 valence electrons. The minimum Gasteiger partial charge on any atom is -0.466 e. The summed E-state index contributed by atoms with van der Waals surface area (Å²) in [5, 5.41) is 0. The predicted octanol–water partition coefficient (Wildman–Crippen LogP) is 10.6. The summed E-state index contributed by atoms with van der Waals surface area (Å²) in [6, 6.07) is 0. The molecule has 0 N–H and O–H groups in total. The van der Waals surface area contributed by atoms with Crippen LogP contribution in [0.2, 0.25) is 0 Å². The van der Waals surface area contributed by atoms with Gasteiger partial charge < -0.3 is 75.8 Å². The Kier molecular flexibility index (Phi) is 31.1. The first-order valence-electron chi connectivity index (χ1n) is 32.5. The van der Waals surface area contributed by atoms with Gasteiger partial charge in [0, 0.05) is 35.1 Å². The van der Waals surface area contributed by atoms with Crippen LogP contribution in [-0.2, 0) is 114 Å². The molecule has 0 amide bonds. The second-order valence-electron chi connectivity index (χ2n) is 27.4. The molecule has 0 aromatic heterocycles. The van der Waals surface area contributed by atoms with Gasteiger partial charge >= 0.3 is 47.8 Å². The largest absolute Gasteiger partial charge is 0.466 e. The molecule has 2 saturated carbocycles. The van der Waals surface area contributed by atoms with Gasteiger partial charge in [0.25, 0.3) is 0 Å². The molecule has 0 radical (unpaired) electrons. The Morgan fingerprint density at radius 1 is 0.366 bits per heavy atom. The summed E-state index contributed by atoms with van der Waals surface area (Å²) in [5.41, 5.74) is -4.06. The number of hydrogen-bond acceptors (Lipinski definition) is 24. The lowest BCUT2D eigenvalue weighted by Crippen LogP contribution is -2.57. The second kappa shape index (κ2) is 35.4. The van der Waals surface area contributed by atoms with Crippen molar-refractivity contribution in [1.29, 1.82) is 0 Å². The van der Waals surface area contributed by atoms with Crippen molar-refractivity contribution in [3.8, 4) is 0 Å². The summed E-state index contributed by atoms with van der Waals surface area (Å²) in [4.78, 5) is 96.4. The number of ether oxygens (including phenoxy) is 16. The fourth-order valence-electron chi connectivity index (χ4n) is 10.5. The first-order chi connectivity index (χ1) is 43.1. The van der Waals surface area contributed by atoms with Gasteiger partial charge in [-0.25, -0.2) is 19.2 Å². The lowest BCUT2D eigenvalue weighted by molar-refractivity contribution is -0.329. The Balaban J connectivity index is 0.000000325. The van der Waals surface area contributed by atoms with Crippen molar-refractivity contribution in [3.05, 3.63) is 48.6 Å². The van der Waals surface area contributed by atoms with Crippen LogP contribution in [0.15, 0.2) is 48.6 Å². The van der Waals surface area contributed by atoms with Crippen LogP contribution in [0.1, 0.15) is 208 Å². The molecule has 2 aliphatic carbocycles. The third-order valence-electron chi connectivity index (χ3n) is 16.1. The molecule has 6 rings (SSSR count). The van der Waals surface area contributed by atoms with Crippen LogP contribution < -0.4 is 0 Å². The van der Waals surface area contributed by atoms with Crippen molar-refractivity contribution in [3.63, 3.8) is 0 Å². The van der Waals surface area contributed by atoms with Gasteiger partial charge in [0.1, 0.15) is 11.7 Å². The maximum absolute atomic E-state index is 12.6. The van der Waals surface area contributed by atoms with Crippen LogP contribution >= 0.6 is 0 Å². The highest BCUT2D eigenvalue weighted by atomic mass is 16.8. The van der Waals surface area contributed by atoms with E-state index in [0.717, 1.165) is 57.8 Å². The van der Waals surface area contributed by atoms with E-state index in [-0.39, 0.29) is 144 Å². The third-order valence-corrected chi connectivity index (χ3v) is 16.1. The highest BCUT2D eigenvalue weighted by molar-refractivity contribution is 5.89. The van der Waals surface area contributed by atoms with E-state index in [9.17, 15) is 38.4 Å². The minimum absolute atomic E-state index is 0.0577.